The zero-order valence-electron chi connectivity index (χ0n) is 10.3. The van der Waals surface area contributed by atoms with Crippen LogP contribution in [0.15, 0.2) is 0 Å². The van der Waals surface area contributed by atoms with E-state index < -0.39 is 0 Å². The van der Waals surface area contributed by atoms with Crippen molar-refractivity contribution >= 4 is 5.91 Å². The molecule has 4 nitrogen and oxygen atoms in total. The first-order valence-corrected chi connectivity index (χ1v) is 5.59. The number of amides is 1. The second kappa shape index (κ2) is 4.94. The highest BCUT2D eigenvalue weighted by Gasteiger charge is 2.25. The fourth-order valence-corrected chi connectivity index (χ4v) is 1.88. The lowest BCUT2D eigenvalue weighted by molar-refractivity contribution is -0.133. The maximum absolute atomic E-state index is 12.0. The molecule has 0 aromatic rings. The minimum atomic E-state index is -0.0499. The fourth-order valence-electron chi connectivity index (χ4n) is 1.88. The Morgan fingerprint density at radius 1 is 1.40 bits per heavy atom. The van der Waals surface area contributed by atoms with Gasteiger partial charge >= 0.3 is 0 Å². The van der Waals surface area contributed by atoms with Gasteiger partial charge in [0.15, 0.2) is 0 Å². The monoisotopic (exact) mass is 213 g/mol. The van der Waals surface area contributed by atoms with Crippen LogP contribution in [0, 0.1) is 5.41 Å². The molecule has 15 heavy (non-hydrogen) atoms. The van der Waals surface area contributed by atoms with Gasteiger partial charge in [0, 0.05) is 33.2 Å². The first kappa shape index (κ1) is 12.5. The van der Waals surface area contributed by atoms with Gasteiger partial charge in [-0.2, -0.15) is 0 Å². The summed E-state index contributed by atoms with van der Waals surface area (Å²) in [6, 6.07) is -0.0499. The van der Waals surface area contributed by atoms with Crippen molar-refractivity contribution in [3.63, 3.8) is 0 Å². The summed E-state index contributed by atoms with van der Waals surface area (Å²) < 4.78 is 0. The van der Waals surface area contributed by atoms with Gasteiger partial charge in [0.2, 0.25) is 5.91 Å². The Morgan fingerprint density at radius 2 is 2.07 bits per heavy atom. The third-order valence-electron chi connectivity index (χ3n) is 2.43. The van der Waals surface area contributed by atoms with Crippen LogP contribution < -0.4 is 10.6 Å². The number of nitrogens with one attached hydrogen (secondary N) is 2. The highest BCUT2D eigenvalue weighted by Crippen LogP contribution is 2.14. The van der Waals surface area contributed by atoms with E-state index in [9.17, 15) is 4.79 Å². The molecule has 1 amide bonds. The summed E-state index contributed by atoms with van der Waals surface area (Å²) in [6.45, 7) is 9.79. The molecule has 1 heterocycles. The number of hydrogen-bond acceptors (Lipinski definition) is 3. The number of likely N-dealkylation sites (N-methyl/N-ethyl adjacent to an activating group) is 1. The van der Waals surface area contributed by atoms with E-state index in [4.69, 9.17) is 0 Å². The minimum Gasteiger partial charge on any atom is -0.344 e. The molecular weight excluding hydrogens is 190 g/mol. The van der Waals surface area contributed by atoms with Crippen LogP contribution in [0.4, 0.5) is 0 Å². The molecule has 0 spiro atoms. The first-order valence-electron chi connectivity index (χ1n) is 5.59. The summed E-state index contributed by atoms with van der Waals surface area (Å²) in [4.78, 5) is 13.8. The molecule has 0 aromatic carbocycles. The van der Waals surface area contributed by atoms with Crippen molar-refractivity contribution in [2.45, 2.75) is 26.8 Å². The predicted octanol–water partition coefficient (Wildman–Crippen LogP) is 0.0523. The van der Waals surface area contributed by atoms with Gasteiger partial charge in [-0.25, -0.2) is 0 Å². The minimum absolute atomic E-state index is 0.0499. The Morgan fingerprint density at radius 3 is 2.53 bits per heavy atom. The Bertz CT molecular complexity index is 216. The molecule has 2 N–H and O–H groups in total. The zero-order chi connectivity index (χ0) is 11.5. The van der Waals surface area contributed by atoms with Crippen LogP contribution in [-0.2, 0) is 4.79 Å². The normalized spacial score (nSPS) is 22.5. The van der Waals surface area contributed by atoms with Crippen molar-refractivity contribution in [2.75, 3.05) is 33.2 Å². The lowest BCUT2D eigenvalue weighted by atomic mass is 9.96. The van der Waals surface area contributed by atoms with Gasteiger partial charge in [-0.1, -0.05) is 20.8 Å². The smallest absolute Gasteiger partial charge is 0.240 e. The number of rotatable bonds is 2. The number of carbonyl (C=O) groups excluding carboxylic acids is 1. The van der Waals surface area contributed by atoms with E-state index in [0.29, 0.717) is 0 Å². The standard InChI is InChI=1S/C11H23N3O/c1-11(2,3)8-14(4)10(15)9-7-12-5-6-13-9/h9,12-13H,5-8H2,1-4H3. The summed E-state index contributed by atoms with van der Waals surface area (Å²) in [5, 5.41) is 6.46. The Kier molecular flexibility index (Phi) is 4.11. The van der Waals surface area contributed by atoms with Crippen LogP contribution in [0.3, 0.4) is 0 Å². The molecule has 4 heteroatoms. The van der Waals surface area contributed by atoms with E-state index in [0.717, 1.165) is 26.2 Å². The molecule has 1 fully saturated rings. The molecule has 0 aromatic heterocycles. The topological polar surface area (TPSA) is 44.4 Å². The zero-order valence-corrected chi connectivity index (χ0v) is 10.3. The van der Waals surface area contributed by atoms with E-state index in [2.05, 4.69) is 31.4 Å². The van der Waals surface area contributed by atoms with Crippen molar-refractivity contribution in [3.05, 3.63) is 0 Å². The maximum Gasteiger partial charge on any atom is 0.240 e. The lowest BCUT2D eigenvalue weighted by Crippen LogP contribution is -2.56. The average Bonchev–Trinajstić information content (AvgIpc) is 2.15. The van der Waals surface area contributed by atoms with E-state index >= 15 is 0 Å². The molecule has 0 saturated carbocycles. The Labute approximate surface area is 92.4 Å². The van der Waals surface area contributed by atoms with Crippen LogP contribution in [0.25, 0.3) is 0 Å². The van der Waals surface area contributed by atoms with Crippen LogP contribution in [0.5, 0.6) is 0 Å². The fraction of sp³-hybridized carbons (Fsp3) is 0.909. The molecule has 1 unspecified atom stereocenters. The second-order valence-corrected chi connectivity index (χ2v) is 5.47. The number of carbonyl (C=O) groups is 1. The van der Waals surface area contributed by atoms with Gasteiger partial charge in [-0.05, 0) is 5.41 Å². The Balaban J connectivity index is 2.44. The molecular formula is C11H23N3O. The van der Waals surface area contributed by atoms with Gasteiger partial charge in [0.25, 0.3) is 0 Å². The summed E-state index contributed by atoms with van der Waals surface area (Å²) in [7, 11) is 1.88. The summed E-state index contributed by atoms with van der Waals surface area (Å²) in [5.41, 5.74) is 0.159. The molecule has 0 radical (unpaired) electrons. The van der Waals surface area contributed by atoms with Crippen molar-refractivity contribution in [2.24, 2.45) is 5.41 Å². The van der Waals surface area contributed by atoms with Gasteiger partial charge in [0.1, 0.15) is 0 Å². The lowest BCUT2D eigenvalue weighted by Gasteiger charge is -2.31. The number of nitrogens with zero attached hydrogens (tertiary/aromatic N) is 1. The van der Waals surface area contributed by atoms with Crippen LogP contribution in [0.1, 0.15) is 20.8 Å². The molecule has 1 atom stereocenters. The van der Waals surface area contributed by atoms with Gasteiger partial charge in [0.05, 0.1) is 6.04 Å². The van der Waals surface area contributed by atoms with E-state index in [1.165, 1.54) is 0 Å². The third-order valence-corrected chi connectivity index (χ3v) is 2.43. The maximum atomic E-state index is 12.0. The van der Waals surface area contributed by atoms with Crippen molar-refractivity contribution in [1.29, 1.82) is 0 Å². The average molecular weight is 213 g/mol. The second-order valence-electron chi connectivity index (χ2n) is 5.47. The molecule has 1 aliphatic heterocycles. The van der Waals surface area contributed by atoms with Crippen molar-refractivity contribution in [3.8, 4) is 0 Å². The summed E-state index contributed by atoms with van der Waals surface area (Å²) in [5.74, 6) is 0.192. The van der Waals surface area contributed by atoms with Crippen LogP contribution >= 0.6 is 0 Å². The quantitative estimate of drug-likeness (QED) is 0.681. The first-order chi connectivity index (χ1) is 6.90. The van der Waals surface area contributed by atoms with Gasteiger partial charge < -0.3 is 15.5 Å². The number of hydrogen-bond donors (Lipinski definition) is 2. The molecule has 0 aliphatic carbocycles. The third kappa shape index (κ3) is 4.18. The van der Waals surface area contributed by atoms with Crippen LogP contribution in [0.2, 0.25) is 0 Å². The summed E-state index contributed by atoms with van der Waals surface area (Å²) >= 11 is 0. The largest absolute Gasteiger partial charge is 0.344 e. The van der Waals surface area contributed by atoms with E-state index in [-0.39, 0.29) is 17.4 Å². The molecule has 88 valence electrons. The van der Waals surface area contributed by atoms with E-state index in [1.807, 2.05) is 11.9 Å². The molecule has 1 saturated heterocycles. The number of piperazine rings is 1. The summed E-state index contributed by atoms with van der Waals surface area (Å²) in [6.07, 6.45) is 0. The van der Waals surface area contributed by atoms with Crippen LogP contribution in [-0.4, -0.2) is 50.1 Å². The molecule has 1 rings (SSSR count). The van der Waals surface area contributed by atoms with Crippen molar-refractivity contribution < 1.29 is 4.79 Å². The predicted molar refractivity (Wildman–Crippen MR) is 61.8 cm³/mol. The Hall–Kier alpha value is -0.610. The van der Waals surface area contributed by atoms with Gasteiger partial charge in [-0.3, -0.25) is 4.79 Å². The highest BCUT2D eigenvalue weighted by atomic mass is 16.2. The molecule has 1 aliphatic rings. The van der Waals surface area contributed by atoms with Crippen molar-refractivity contribution in [1.82, 2.24) is 15.5 Å². The van der Waals surface area contributed by atoms with Gasteiger partial charge in [-0.15, -0.1) is 0 Å². The highest BCUT2D eigenvalue weighted by molar-refractivity contribution is 5.82. The molecule has 0 bridgehead atoms. The SMILES string of the molecule is CN(CC(C)(C)C)C(=O)C1CNCCN1. The van der Waals surface area contributed by atoms with E-state index in [1.54, 1.807) is 0 Å².